The van der Waals surface area contributed by atoms with E-state index in [-0.39, 0.29) is 0 Å². The Hall–Kier alpha value is -3.80. The zero-order valence-electron chi connectivity index (χ0n) is 23.1. The molecule has 0 spiro atoms. The Balaban J connectivity index is 0.000000123. The number of allylic oxidation sites excluding steroid dienone is 4. The second kappa shape index (κ2) is 13.5. The Bertz CT molecular complexity index is 1670. The van der Waals surface area contributed by atoms with Crippen LogP contribution in [0.5, 0.6) is 0 Å². The molecule has 0 saturated heterocycles. The zero-order chi connectivity index (χ0) is 27.7. The van der Waals surface area contributed by atoms with Gasteiger partial charge in [-0.3, -0.25) is 0 Å². The fraction of sp³-hybridized carbons (Fsp3) is 0.0769. The van der Waals surface area contributed by atoms with Gasteiger partial charge in [-0.05, 0) is 13.8 Å². The normalized spacial score (nSPS) is 11.8. The Kier molecular flexibility index (Phi) is 9.38. The summed E-state index contributed by atoms with van der Waals surface area (Å²) in [5.41, 5.74) is 7.81. The van der Waals surface area contributed by atoms with Crippen LogP contribution in [0.3, 0.4) is 0 Å². The first-order chi connectivity index (χ1) is 19.6. The molecule has 0 heterocycles. The van der Waals surface area contributed by atoms with Gasteiger partial charge in [0.25, 0.3) is 0 Å². The van der Waals surface area contributed by atoms with E-state index in [2.05, 4.69) is 159 Å². The molecule has 0 N–H and O–H groups in total. The van der Waals surface area contributed by atoms with Crippen LogP contribution in [0.2, 0.25) is 0 Å². The van der Waals surface area contributed by atoms with Gasteiger partial charge < -0.3 is 0 Å². The van der Waals surface area contributed by atoms with Crippen molar-refractivity contribution in [3.05, 3.63) is 180 Å². The predicted octanol–water partition coefficient (Wildman–Crippen LogP) is 9.96. The Morgan fingerprint density at radius 1 is 0.625 bits per heavy atom. The molecule has 6 aromatic carbocycles. The molecule has 40 heavy (non-hydrogen) atoms. The summed E-state index contributed by atoms with van der Waals surface area (Å²) in [6.07, 6.45) is 8.49. The van der Waals surface area contributed by atoms with Crippen LogP contribution in [-0.2, 0) is 24.2 Å². The molecular weight excluding hydrogens is 560 g/mol. The topological polar surface area (TPSA) is 0 Å². The van der Waals surface area contributed by atoms with Crippen molar-refractivity contribution in [2.75, 3.05) is 0 Å². The number of hydrogen-bond acceptors (Lipinski definition) is 0. The van der Waals surface area contributed by atoms with Crippen molar-refractivity contribution in [1.82, 2.24) is 0 Å². The molecule has 0 radical (unpaired) electrons. The summed E-state index contributed by atoms with van der Waals surface area (Å²) >= 11 is 1.46. The van der Waals surface area contributed by atoms with Crippen LogP contribution in [-0.4, -0.2) is 3.21 Å². The van der Waals surface area contributed by atoms with Gasteiger partial charge in [0.15, 0.2) is 0 Å². The SMILES string of the molecule is Cc1ccc2c(c1)[cH-]c1cc(C)ccc12.[C-]1=C(c2ccccc2)C=CC1.[Zr+2]=[C](c1ccccc1)c1ccccc1. The molecule has 0 atom stereocenters. The van der Waals surface area contributed by atoms with Crippen LogP contribution in [0.1, 0.15) is 34.2 Å². The molecular formula is C39H32Zr. The third kappa shape index (κ3) is 7.04. The fourth-order valence-corrected chi connectivity index (χ4v) is 5.68. The van der Waals surface area contributed by atoms with E-state index in [1.54, 1.807) is 0 Å². The van der Waals surface area contributed by atoms with Crippen molar-refractivity contribution in [3.63, 3.8) is 0 Å². The molecule has 192 valence electrons. The summed E-state index contributed by atoms with van der Waals surface area (Å²) in [5, 5.41) is 5.46. The van der Waals surface area contributed by atoms with E-state index in [1.807, 2.05) is 6.07 Å². The van der Waals surface area contributed by atoms with Crippen LogP contribution in [0.4, 0.5) is 0 Å². The first-order valence-electron chi connectivity index (χ1n) is 13.7. The second-order valence-corrected chi connectivity index (χ2v) is 11.2. The minimum atomic E-state index is 0.963. The summed E-state index contributed by atoms with van der Waals surface area (Å²) < 4.78 is 1.42. The second-order valence-electron chi connectivity index (χ2n) is 10.00. The van der Waals surface area contributed by atoms with Crippen molar-refractivity contribution in [2.45, 2.75) is 20.3 Å². The third-order valence-electron chi connectivity index (χ3n) is 6.92. The van der Waals surface area contributed by atoms with Crippen LogP contribution < -0.4 is 0 Å². The molecule has 0 aliphatic heterocycles. The summed E-state index contributed by atoms with van der Waals surface area (Å²) in [7, 11) is 0. The van der Waals surface area contributed by atoms with E-state index >= 15 is 0 Å². The van der Waals surface area contributed by atoms with Gasteiger partial charge in [-0.1, -0.05) is 60.0 Å². The van der Waals surface area contributed by atoms with Gasteiger partial charge in [-0.2, -0.15) is 17.7 Å². The number of benzene rings is 5. The third-order valence-corrected chi connectivity index (χ3v) is 8.34. The van der Waals surface area contributed by atoms with Gasteiger partial charge in [0.2, 0.25) is 0 Å². The van der Waals surface area contributed by atoms with Gasteiger partial charge >= 0.3 is 99.2 Å². The molecule has 0 bridgehead atoms. The molecule has 0 saturated carbocycles. The summed E-state index contributed by atoms with van der Waals surface area (Å²) in [6, 6.07) is 47.1. The van der Waals surface area contributed by atoms with E-state index in [1.165, 1.54) is 82.4 Å². The van der Waals surface area contributed by atoms with Gasteiger partial charge in [0.05, 0.1) is 0 Å². The summed E-state index contributed by atoms with van der Waals surface area (Å²) in [6.45, 7) is 4.28. The van der Waals surface area contributed by atoms with Crippen molar-refractivity contribution in [3.8, 4) is 0 Å². The first-order valence-corrected chi connectivity index (χ1v) is 14.9. The van der Waals surface area contributed by atoms with Crippen LogP contribution in [0.15, 0.2) is 146 Å². The van der Waals surface area contributed by atoms with E-state index < -0.39 is 0 Å². The zero-order valence-corrected chi connectivity index (χ0v) is 25.5. The quantitative estimate of drug-likeness (QED) is 0.180. The molecule has 0 unspecified atom stereocenters. The van der Waals surface area contributed by atoms with Gasteiger partial charge in [-0.25, -0.2) is 0 Å². The van der Waals surface area contributed by atoms with Crippen LogP contribution in [0, 0.1) is 19.9 Å². The number of hydrogen-bond donors (Lipinski definition) is 0. The van der Waals surface area contributed by atoms with Crippen molar-refractivity contribution >= 4 is 30.3 Å². The average Bonchev–Trinajstić information content (AvgIpc) is 3.67. The molecule has 0 nitrogen and oxygen atoms in total. The van der Waals surface area contributed by atoms with Gasteiger partial charge in [0.1, 0.15) is 0 Å². The van der Waals surface area contributed by atoms with E-state index in [0.717, 1.165) is 6.42 Å². The standard InChI is InChI=1S/C15H13.C13H10.C11H9.Zr/c1-10-3-5-14-12(7-10)9-13-8-11(2)4-6-15(13)14;1-3-7-12(8-4-1)11-13-9-5-2-6-10-13;1-2-6-10(7-3-1)11-8-4-5-9-11;/h3-9H,1-2H3;1-10H;1-4,6-8H,5H2;/q-1;;-1;+2. The fourth-order valence-electron chi connectivity index (χ4n) is 4.86. The minimum absolute atomic E-state index is 0.963. The Labute approximate surface area is 253 Å². The van der Waals surface area contributed by atoms with E-state index in [0.29, 0.717) is 0 Å². The van der Waals surface area contributed by atoms with E-state index in [9.17, 15) is 0 Å². The number of fused-ring (bicyclic) bond motifs is 3. The van der Waals surface area contributed by atoms with Crippen molar-refractivity contribution < 1.29 is 24.2 Å². The monoisotopic (exact) mass is 590 g/mol. The van der Waals surface area contributed by atoms with Gasteiger partial charge in [0, 0.05) is 0 Å². The predicted molar refractivity (Wildman–Crippen MR) is 169 cm³/mol. The van der Waals surface area contributed by atoms with Crippen LogP contribution in [0.25, 0.3) is 27.1 Å². The first kappa shape index (κ1) is 27.8. The molecule has 7 rings (SSSR count). The molecule has 0 fully saturated rings. The molecule has 6 aromatic rings. The van der Waals surface area contributed by atoms with Gasteiger partial charge in [-0.15, -0.1) is 63.5 Å². The number of rotatable bonds is 3. The summed E-state index contributed by atoms with van der Waals surface area (Å²) in [5.74, 6) is 0. The number of aryl methyl sites for hydroxylation is 2. The van der Waals surface area contributed by atoms with Crippen molar-refractivity contribution in [1.29, 1.82) is 0 Å². The molecule has 1 heteroatoms. The maximum atomic E-state index is 3.28. The Morgan fingerprint density at radius 2 is 1.10 bits per heavy atom. The van der Waals surface area contributed by atoms with Crippen LogP contribution >= 0.6 is 0 Å². The molecule has 1 aliphatic rings. The molecule has 0 aromatic heterocycles. The van der Waals surface area contributed by atoms with Crippen molar-refractivity contribution in [2.24, 2.45) is 0 Å². The molecule has 0 amide bonds. The van der Waals surface area contributed by atoms with E-state index in [4.69, 9.17) is 0 Å². The maximum absolute atomic E-state index is 3.28. The molecule has 1 aliphatic carbocycles. The average molecular weight is 592 g/mol. The summed E-state index contributed by atoms with van der Waals surface area (Å²) in [4.78, 5) is 0. The Morgan fingerprint density at radius 3 is 1.55 bits per heavy atom.